The van der Waals surface area contributed by atoms with Gasteiger partial charge in [-0.05, 0) is 150 Å². The Morgan fingerprint density at radius 1 is 0.237 bits per heavy atom. The van der Waals surface area contributed by atoms with Crippen molar-refractivity contribution in [3.8, 4) is 117 Å². The van der Waals surface area contributed by atoms with Gasteiger partial charge in [0.1, 0.15) is 32.3 Å². The van der Waals surface area contributed by atoms with Crippen LogP contribution in [0, 0.1) is 117 Å². The molecular formula is C72H94Si4. The van der Waals surface area contributed by atoms with Crippen molar-refractivity contribution in [1.82, 2.24) is 0 Å². The van der Waals surface area contributed by atoms with Crippen LogP contribution in [0.15, 0.2) is 83.0 Å². The van der Waals surface area contributed by atoms with Crippen LogP contribution in [-0.2, 0) is 0 Å². The van der Waals surface area contributed by atoms with Crippen molar-refractivity contribution in [3.63, 3.8) is 0 Å². The minimum absolute atomic E-state index is 0.417. The van der Waals surface area contributed by atoms with Gasteiger partial charge < -0.3 is 0 Å². The molecule has 0 amide bonds. The first-order chi connectivity index (χ1) is 35.6. The van der Waals surface area contributed by atoms with E-state index < -0.39 is 32.3 Å². The molecule has 4 heteroatoms. The molecule has 0 heterocycles. The maximum atomic E-state index is 3.98. The second kappa shape index (κ2) is 31.0. The zero-order chi connectivity index (χ0) is 57.6. The second-order valence-electron chi connectivity index (χ2n) is 24.3. The van der Waals surface area contributed by atoms with Crippen LogP contribution in [0.5, 0.6) is 0 Å². The summed E-state index contributed by atoms with van der Waals surface area (Å²) < 4.78 is 0. The Bertz CT molecular complexity index is 2710. The SMILES string of the molecule is CC(C)[Si](C#C/C(C#CC#C/C(C#C[Si](C(C)C)(C(C)C)C(C)C)=C(/C#CC#Cc1ccccc1)C#C[Si](C(C)C)(C(C)C)C(C)C)=C(\C#CC#Cc1ccccc1)C#C[Si](C(C)C)(C(C)C)C(C)C)(C(C)C)C(C)C. The summed E-state index contributed by atoms with van der Waals surface area (Å²) in [7, 11) is -8.87. The summed E-state index contributed by atoms with van der Waals surface area (Å²) >= 11 is 0. The number of benzene rings is 2. The Labute approximate surface area is 473 Å². The van der Waals surface area contributed by atoms with Gasteiger partial charge in [0.15, 0.2) is 0 Å². The van der Waals surface area contributed by atoms with Gasteiger partial charge in [-0.1, -0.05) is 238 Å². The second-order valence-corrected chi connectivity index (χ2v) is 46.6. The van der Waals surface area contributed by atoms with Crippen LogP contribution in [0.25, 0.3) is 0 Å². The maximum Gasteiger partial charge on any atom is 0.146 e. The summed E-state index contributed by atoms with van der Waals surface area (Å²) in [5.41, 5.74) is 25.1. The average Bonchev–Trinajstić information content (AvgIpc) is 3.33. The molecule has 0 unspecified atom stereocenters. The Balaban J connectivity index is 3.58. The van der Waals surface area contributed by atoms with Gasteiger partial charge in [-0.3, -0.25) is 0 Å². The van der Waals surface area contributed by atoms with Crippen molar-refractivity contribution in [2.75, 3.05) is 0 Å². The lowest BCUT2D eigenvalue weighted by Gasteiger charge is -2.38. The van der Waals surface area contributed by atoms with Crippen LogP contribution in [-0.4, -0.2) is 32.3 Å². The molecule has 0 nitrogen and oxygen atoms in total. The lowest BCUT2D eigenvalue weighted by Crippen LogP contribution is -2.43. The van der Waals surface area contributed by atoms with E-state index in [-0.39, 0.29) is 0 Å². The Hall–Kier alpha value is -5.61. The molecule has 2 aromatic carbocycles. The third-order valence-electron chi connectivity index (χ3n) is 16.5. The highest BCUT2D eigenvalue weighted by molar-refractivity contribution is 6.92. The summed E-state index contributed by atoms with van der Waals surface area (Å²) in [6, 6.07) is 19.9. The van der Waals surface area contributed by atoms with Gasteiger partial charge in [-0.25, -0.2) is 0 Å². The summed E-state index contributed by atoms with van der Waals surface area (Å²) in [6.45, 7) is 56.1. The van der Waals surface area contributed by atoms with Gasteiger partial charge in [0.2, 0.25) is 0 Å². The fourth-order valence-corrected chi connectivity index (χ4v) is 33.5. The number of rotatable bonds is 12. The van der Waals surface area contributed by atoms with Crippen molar-refractivity contribution in [1.29, 1.82) is 0 Å². The van der Waals surface area contributed by atoms with Crippen molar-refractivity contribution >= 4 is 32.3 Å². The normalized spacial score (nSPS) is 12.2. The maximum absolute atomic E-state index is 3.98. The first-order valence-electron chi connectivity index (χ1n) is 28.4. The van der Waals surface area contributed by atoms with E-state index in [4.69, 9.17) is 0 Å². The fraction of sp³-hybridized carbons (Fsp3) is 0.500. The largest absolute Gasteiger partial charge is 0.146 e. The summed E-state index contributed by atoms with van der Waals surface area (Å²) in [6.07, 6.45) is 0. The van der Waals surface area contributed by atoms with Crippen LogP contribution in [0.4, 0.5) is 0 Å². The highest BCUT2D eigenvalue weighted by Crippen LogP contribution is 2.44. The van der Waals surface area contributed by atoms with E-state index in [9.17, 15) is 0 Å². The van der Waals surface area contributed by atoms with E-state index >= 15 is 0 Å². The van der Waals surface area contributed by atoms with E-state index in [0.717, 1.165) is 11.1 Å². The Kier molecular flexibility index (Phi) is 27.1. The van der Waals surface area contributed by atoms with Crippen LogP contribution in [0.3, 0.4) is 0 Å². The van der Waals surface area contributed by atoms with Crippen molar-refractivity contribution in [3.05, 3.63) is 94.1 Å². The molecule has 0 aliphatic carbocycles. The summed E-state index contributed by atoms with van der Waals surface area (Å²) in [5.74, 6) is 54.5. The van der Waals surface area contributed by atoms with Crippen molar-refractivity contribution < 1.29 is 0 Å². The molecule has 2 aromatic rings. The van der Waals surface area contributed by atoms with E-state index in [1.165, 1.54) is 0 Å². The van der Waals surface area contributed by atoms with E-state index in [1.54, 1.807) is 0 Å². The first kappa shape index (κ1) is 66.5. The fourth-order valence-electron chi connectivity index (χ4n) is 12.7. The zero-order valence-corrected chi connectivity index (χ0v) is 55.7. The average molecular weight is 1070 g/mol. The standard InChI is InChI=1S/C72H94Si4/c1-55(2)73(56(3)4,57(5)6)51-47-69(43-33-31-41-67-37-27-25-28-38-67)71(49-53-75(61(13)14,62(15)16)63(17)18)45-35-36-46-72(50-54-76(64(19)20,65(21)22)66(23)24)70(44-34-32-42-68-39-29-26-30-40-68)48-52-74(58(7)8,59(9)10)60(11)12/h25-30,37-40,55-66H,1-24H3/b71-69+,72-70+. The van der Waals surface area contributed by atoms with E-state index in [2.05, 4.69) is 283 Å². The molecule has 0 radical (unpaired) electrons. The number of allylic oxidation sites excluding steroid dienone is 4. The van der Waals surface area contributed by atoms with Gasteiger partial charge in [-0.2, -0.15) is 0 Å². The molecule has 0 saturated carbocycles. The minimum atomic E-state index is -2.23. The summed E-state index contributed by atoms with van der Waals surface area (Å²) in [4.78, 5) is 0. The monoisotopic (exact) mass is 1070 g/mol. The molecular weight excluding hydrogens is 977 g/mol. The molecule has 0 bridgehead atoms. The molecule has 0 N–H and O–H groups in total. The van der Waals surface area contributed by atoms with E-state index in [0.29, 0.717) is 88.8 Å². The summed E-state index contributed by atoms with van der Waals surface area (Å²) in [5, 5.41) is 0. The molecule has 0 spiro atoms. The lowest BCUT2D eigenvalue weighted by atomic mass is 10.1. The molecule has 76 heavy (non-hydrogen) atoms. The first-order valence-corrected chi connectivity index (χ1v) is 37.3. The van der Waals surface area contributed by atoms with Crippen LogP contribution in [0.1, 0.15) is 177 Å². The number of hydrogen-bond acceptors (Lipinski definition) is 0. The molecule has 398 valence electrons. The predicted molar refractivity (Wildman–Crippen MR) is 347 cm³/mol. The van der Waals surface area contributed by atoms with Crippen LogP contribution in [0.2, 0.25) is 66.5 Å². The molecule has 0 saturated heterocycles. The number of hydrogen-bond donors (Lipinski definition) is 0. The van der Waals surface area contributed by atoms with Gasteiger partial charge >= 0.3 is 0 Å². The smallest absolute Gasteiger partial charge is 0.124 e. The molecule has 0 atom stereocenters. The topological polar surface area (TPSA) is 0 Å². The third kappa shape index (κ3) is 16.9. The quantitative estimate of drug-likeness (QED) is 0.147. The molecule has 0 aromatic heterocycles. The Morgan fingerprint density at radius 2 is 0.408 bits per heavy atom. The molecule has 0 fully saturated rings. The minimum Gasteiger partial charge on any atom is -0.124 e. The van der Waals surface area contributed by atoms with Gasteiger partial charge in [0, 0.05) is 11.1 Å². The van der Waals surface area contributed by atoms with Crippen molar-refractivity contribution in [2.24, 2.45) is 0 Å². The third-order valence-corrected chi connectivity index (χ3v) is 41.6. The van der Waals surface area contributed by atoms with Gasteiger partial charge in [0.05, 0.1) is 22.3 Å². The molecule has 0 aliphatic rings. The predicted octanol–water partition coefficient (Wildman–Crippen LogP) is 18.6. The van der Waals surface area contributed by atoms with Gasteiger partial charge in [0.25, 0.3) is 0 Å². The zero-order valence-electron chi connectivity index (χ0n) is 51.7. The lowest BCUT2D eigenvalue weighted by molar-refractivity contribution is 0.838. The Morgan fingerprint density at radius 3 is 0.579 bits per heavy atom. The van der Waals surface area contributed by atoms with E-state index in [1.807, 2.05) is 60.7 Å². The molecule has 0 aliphatic heterocycles. The highest BCUT2D eigenvalue weighted by Gasteiger charge is 2.44. The van der Waals surface area contributed by atoms with Crippen molar-refractivity contribution in [2.45, 2.75) is 233 Å². The van der Waals surface area contributed by atoms with Gasteiger partial charge in [-0.15, -0.1) is 22.2 Å². The van der Waals surface area contributed by atoms with Crippen LogP contribution < -0.4 is 0 Å². The molecule has 2 rings (SSSR count). The highest BCUT2D eigenvalue weighted by atomic mass is 28.3. The van der Waals surface area contributed by atoms with Crippen LogP contribution >= 0.6 is 0 Å².